The lowest BCUT2D eigenvalue weighted by molar-refractivity contribution is -0.136. The van der Waals surface area contributed by atoms with Crippen molar-refractivity contribution in [2.45, 2.75) is 57.2 Å². The van der Waals surface area contributed by atoms with E-state index >= 15 is 0 Å². The lowest BCUT2D eigenvalue weighted by Crippen LogP contribution is -2.54. The van der Waals surface area contributed by atoms with Gasteiger partial charge >= 0.3 is 0 Å². The van der Waals surface area contributed by atoms with Gasteiger partial charge in [0, 0.05) is 19.0 Å². The molecule has 4 amide bonds. The van der Waals surface area contributed by atoms with Crippen molar-refractivity contribution >= 4 is 23.6 Å². The normalized spacial score (nSPS) is 27.2. The van der Waals surface area contributed by atoms with Gasteiger partial charge in [-0.25, -0.2) is 0 Å². The van der Waals surface area contributed by atoms with Gasteiger partial charge in [0.25, 0.3) is 11.8 Å². The Morgan fingerprint density at radius 1 is 1.07 bits per heavy atom. The van der Waals surface area contributed by atoms with E-state index in [2.05, 4.69) is 10.6 Å². The van der Waals surface area contributed by atoms with E-state index in [9.17, 15) is 19.2 Å². The van der Waals surface area contributed by atoms with Crippen LogP contribution in [0.3, 0.4) is 0 Å². The molecule has 1 aromatic rings. The fourth-order valence-corrected chi connectivity index (χ4v) is 4.57. The maximum Gasteiger partial charge on any atom is 0.262 e. The number of carbonyl (C=O) groups is 4. The number of rotatable bonds is 5. The number of fused-ring (bicyclic) bond motifs is 1. The molecule has 1 aromatic carbocycles. The van der Waals surface area contributed by atoms with Crippen molar-refractivity contribution in [2.24, 2.45) is 11.7 Å². The average Bonchev–Trinajstić information content (AvgIpc) is 2.93. The molecule has 3 atom stereocenters. The molecule has 0 bridgehead atoms. The molecule has 8 nitrogen and oxygen atoms in total. The fourth-order valence-electron chi connectivity index (χ4n) is 4.57. The van der Waals surface area contributed by atoms with Crippen LogP contribution in [0.5, 0.6) is 0 Å². The van der Waals surface area contributed by atoms with Crippen LogP contribution in [0.1, 0.15) is 64.8 Å². The molecule has 0 aromatic heterocycles. The third-order valence-corrected chi connectivity index (χ3v) is 6.09. The number of piperidine rings is 1. The highest BCUT2D eigenvalue weighted by Crippen LogP contribution is 2.28. The minimum absolute atomic E-state index is 0.115. The quantitative estimate of drug-likeness (QED) is 0.628. The number of amides is 4. The minimum atomic E-state index is -0.933. The summed E-state index contributed by atoms with van der Waals surface area (Å²) in [4.78, 5) is 50.0. The van der Waals surface area contributed by atoms with Gasteiger partial charge in [0.1, 0.15) is 6.04 Å². The lowest BCUT2D eigenvalue weighted by atomic mass is 9.86. The second kappa shape index (κ2) is 8.04. The molecule has 154 valence electrons. The van der Waals surface area contributed by atoms with Crippen molar-refractivity contribution < 1.29 is 19.2 Å². The van der Waals surface area contributed by atoms with Gasteiger partial charge in [0.15, 0.2) is 0 Å². The van der Waals surface area contributed by atoms with Crippen LogP contribution in [-0.2, 0) is 16.1 Å². The van der Waals surface area contributed by atoms with E-state index in [4.69, 9.17) is 5.73 Å². The van der Waals surface area contributed by atoms with Gasteiger partial charge in [-0.2, -0.15) is 0 Å². The lowest BCUT2D eigenvalue weighted by Gasteiger charge is -2.27. The van der Waals surface area contributed by atoms with Gasteiger partial charge in [-0.3, -0.25) is 29.4 Å². The number of nitrogens with two attached hydrogens (primary N) is 1. The van der Waals surface area contributed by atoms with E-state index in [1.807, 2.05) is 6.07 Å². The second-order valence-electron chi connectivity index (χ2n) is 8.25. The van der Waals surface area contributed by atoms with Crippen LogP contribution in [0.25, 0.3) is 0 Å². The van der Waals surface area contributed by atoms with Crippen LogP contribution in [0.4, 0.5) is 0 Å². The highest BCUT2D eigenvalue weighted by Gasteiger charge is 2.44. The van der Waals surface area contributed by atoms with Gasteiger partial charge in [-0.05, 0) is 55.8 Å². The van der Waals surface area contributed by atoms with Gasteiger partial charge in [0.05, 0.1) is 11.1 Å². The van der Waals surface area contributed by atoms with Crippen LogP contribution >= 0.6 is 0 Å². The van der Waals surface area contributed by atoms with E-state index in [-0.39, 0.29) is 24.8 Å². The van der Waals surface area contributed by atoms with Crippen molar-refractivity contribution in [1.82, 2.24) is 15.5 Å². The summed E-state index contributed by atoms with van der Waals surface area (Å²) < 4.78 is 0. The predicted octanol–water partition coefficient (Wildman–Crippen LogP) is 0.695. The molecule has 2 heterocycles. The van der Waals surface area contributed by atoms with Crippen LogP contribution < -0.4 is 16.4 Å². The topological polar surface area (TPSA) is 122 Å². The van der Waals surface area contributed by atoms with Crippen LogP contribution in [0.2, 0.25) is 0 Å². The van der Waals surface area contributed by atoms with E-state index in [1.165, 1.54) is 12.8 Å². The van der Waals surface area contributed by atoms with E-state index < -0.39 is 23.8 Å². The average molecular weight is 398 g/mol. The summed E-state index contributed by atoms with van der Waals surface area (Å²) in [6, 6.07) is 4.56. The monoisotopic (exact) mass is 398 g/mol. The predicted molar refractivity (Wildman–Crippen MR) is 105 cm³/mol. The van der Waals surface area contributed by atoms with Crippen LogP contribution in [-0.4, -0.2) is 47.2 Å². The molecular formula is C21H26N4O4. The second-order valence-corrected chi connectivity index (χ2v) is 8.25. The zero-order chi connectivity index (χ0) is 20.5. The molecule has 2 fully saturated rings. The number of nitrogens with one attached hydrogen (secondary N) is 2. The molecule has 1 saturated carbocycles. The standard InChI is InChI=1S/C21H26N4O4/c22-14-3-1-2-12(8-14)10-23-11-13-4-5-15-16(9-13)21(29)25(20(15)28)17-6-7-18(26)24-19(17)27/h4-5,9,12,14,17,23H,1-3,6-8,10-11,22H2,(H,24,26,27)/t12-,14+,17?/m0/s1. The SMILES string of the molecule is N[C@@H]1CCC[C@H](CNCc2ccc3c(c2)C(=O)N(C2CCC(=O)NC2=O)C3=O)C1. The number of imide groups is 2. The highest BCUT2D eigenvalue weighted by molar-refractivity contribution is 6.23. The Hall–Kier alpha value is -2.58. The summed E-state index contributed by atoms with van der Waals surface area (Å²) in [7, 11) is 0. The van der Waals surface area contributed by atoms with Gasteiger partial charge in [-0.1, -0.05) is 12.5 Å². The molecule has 4 rings (SSSR count). The van der Waals surface area contributed by atoms with Crippen molar-refractivity contribution in [3.63, 3.8) is 0 Å². The summed E-state index contributed by atoms with van der Waals surface area (Å²) in [6.45, 7) is 1.47. The van der Waals surface area contributed by atoms with E-state index in [0.29, 0.717) is 23.6 Å². The van der Waals surface area contributed by atoms with Crippen LogP contribution in [0, 0.1) is 5.92 Å². The third-order valence-electron chi connectivity index (χ3n) is 6.09. The molecule has 29 heavy (non-hydrogen) atoms. The number of nitrogens with zero attached hydrogens (tertiary/aromatic N) is 1. The summed E-state index contributed by atoms with van der Waals surface area (Å²) in [5.74, 6) is -1.35. The van der Waals surface area contributed by atoms with E-state index in [0.717, 1.165) is 29.8 Å². The first-order valence-corrected chi connectivity index (χ1v) is 10.2. The fraction of sp³-hybridized carbons (Fsp3) is 0.524. The Balaban J connectivity index is 1.41. The van der Waals surface area contributed by atoms with Gasteiger partial charge < -0.3 is 11.1 Å². The first-order valence-electron chi connectivity index (χ1n) is 10.2. The maximum atomic E-state index is 12.8. The number of carbonyl (C=O) groups excluding carboxylic acids is 4. The number of hydrogen-bond donors (Lipinski definition) is 3. The first kappa shape index (κ1) is 19.7. The van der Waals surface area contributed by atoms with E-state index in [1.54, 1.807) is 12.1 Å². The zero-order valence-electron chi connectivity index (χ0n) is 16.3. The third kappa shape index (κ3) is 3.95. The number of benzene rings is 1. The molecule has 2 aliphatic heterocycles. The molecule has 1 aliphatic carbocycles. The summed E-state index contributed by atoms with van der Waals surface area (Å²) in [5, 5.41) is 5.63. The van der Waals surface area contributed by atoms with Crippen molar-refractivity contribution in [2.75, 3.05) is 6.54 Å². The number of hydrogen-bond acceptors (Lipinski definition) is 6. The van der Waals surface area contributed by atoms with Gasteiger partial charge in [0.2, 0.25) is 11.8 Å². The summed E-state index contributed by atoms with van der Waals surface area (Å²) in [5.41, 5.74) is 7.58. The Morgan fingerprint density at radius 3 is 2.62 bits per heavy atom. The molecular weight excluding hydrogens is 372 g/mol. The van der Waals surface area contributed by atoms with Crippen LogP contribution in [0.15, 0.2) is 18.2 Å². The molecule has 0 radical (unpaired) electrons. The van der Waals surface area contributed by atoms with Gasteiger partial charge in [-0.15, -0.1) is 0 Å². The van der Waals surface area contributed by atoms with Crippen molar-refractivity contribution in [3.8, 4) is 0 Å². The minimum Gasteiger partial charge on any atom is -0.328 e. The Kier molecular flexibility index (Phi) is 5.47. The molecule has 0 spiro atoms. The highest BCUT2D eigenvalue weighted by atomic mass is 16.2. The zero-order valence-corrected chi connectivity index (χ0v) is 16.3. The summed E-state index contributed by atoms with van der Waals surface area (Å²) >= 11 is 0. The molecule has 1 unspecified atom stereocenters. The molecule has 3 aliphatic rings. The Bertz CT molecular complexity index is 868. The molecule has 8 heteroatoms. The first-order chi connectivity index (χ1) is 13.9. The molecule has 4 N–H and O–H groups in total. The van der Waals surface area contributed by atoms with Crippen molar-refractivity contribution in [1.29, 1.82) is 0 Å². The Labute approximate surface area is 169 Å². The maximum absolute atomic E-state index is 12.8. The largest absolute Gasteiger partial charge is 0.328 e. The Morgan fingerprint density at radius 2 is 1.86 bits per heavy atom. The smallest absolute Gasteiger partial charge is 0.262 e. The van der Waals surface area contributed by atoms with Crippen molar-refractivity contribution in [3.05, 3.63) is 34.9 Å². The molecule has 1 saturated heterocycles. The summed E-state index contributed by atoms with van der Waals surface area (Å²) in [6.07, 6.45) is 4.75.